The summed E-state index contributed by atoms with van der Waals surface area (Å²) in [4.78, 5) is 0. The summed E-state index contributed by atoms with van der Waals surface area (Å²) in [6.07, 6.45) is 0.473. The Labute approximate surface area is 99.1 Å². The van der Waals surface area contributed by atoms with E-state index in [9.17, 15) is 10.2 Å². The van der Waals surface area contributed by atoms with Gasteiger partial charge in [-0.25, -0.2) is 0 Å². The molecule has 17 heavy (non-hydrogen) atoms. The highest BCUT2D eigenvalue weighted by atomic mass is 16.3. The van der Waals surface area contributed by atoms with Crippen LogP contribution in [0.1, 0.15) is 11.1 Å². The van der Waals surface area contributed by atoms with E-state index in [-0.39, 0.29) is 11.5 Å². The van der Waals surface area contributed by atoms with Crippen LogP contribution in [0.4, 0.5) is 11.4 Å². The Morgan fingerprint density at radius 3 is 1.59 bits per heavy atom. The quantitative estimate of drug-likeness (QED) is 0.468. The lowest BCUT2D eigenvalue weighted by Crippen LogP contribution is -1.99. The van der Waals surface area contributed by atoms with E-state index in [1.807, 2.05) is 12.1 Å². The van der Waals surface area contributed by atoms with Crippen molar-refractivity contribution in [1.29, 1.82) is 0 Å². The van der Waals surface area contributed by atoms with Gasteiger partial charge in [0, 0.05) is 6.42 Å². The molecule has 6 N–H and O–H groups in total. The summed E-state index contributed by atoms with van der Waals surface area (Å²) in [5.41, 5.74) is 13.8. The van der Waals surface area contributed by atoms with Gasteiger partial charge in [-0.1, -0.05) is 24.3 Å². The average Bonchev–Trinajstić information content (AvgIpc) is 2.31. The number of phenols is 2. The van der Waals surface area contributed by atoms with Gasteiger partial charge in [-0.3, -0.25) is 0 Å². The number of benzene rings is 2. The molecule has 0 saturated heterocycles. The Morgan fingerprint density at radius 1 is 0.765 bits per heavy atom. The van der Waals surface area contributed by atoms with E-state index < -0.39 is 0 Å². The van der Waals surface area contributed by atoms with E-state index in [4.69, 9.17) is 11.5 Å². The van der Waals surface area contributed by atoms with Crippen LogP contribution in [0.25, 0.3) is 0 Å². The van der Waals surface area contributed by atoms with Crippen molar-refractivity contribution in [2.45, 2.75) is 6.42 Å². The van der Waals surface area contributed by atoms with Crippen LogP contribution in [0.3, 0.4) is 0 Å². The first kappa shape index (κ1) is 11.1. The van der Waals surface area contributed by atoms with E-state index in [1.54, 1.807) is 12.1 Å². The summed E-state index contributed by atoms with van der Waals surface area (Å²) in [5, 5.41) is 19.0. The van der Waals surface area contributed by atoms with Gasteiger partial charge in [0.15, 0.2) is 0 Å². The van der Waals surface area contributed by atoms with Crippen LogP contribution in [0.2, 0.25) is 0 Å². The van der Waals surface area contributed by atoms with Crippen molar-refractivity contribution in [2.24, 2.45) is 0 Å². The van der Waals surface area contributed by atoms with E-state index in [0.717, 1.165) is 11.1 Å². The van der Waals surface area contributed by atoms with Gasteiger partial charge in [-0.2, -0.15) is 0 Å². The first-order chi connectivity index (χ1) is 8.09. The fourth-order valence-electron chi connectivity index (χ4n) is 1.71. The van der Waals surface area contributed by atoms with Crippen LogP contribution in [-0.4, -0.2) is 10.2 Å². The molecule has 0 amide bonds. The second-order valence-corrected chi connectivity index (χ2v) is 3.88. The Hall–Kier alpha value is -2.36. The minimum Gasteiger partial charge on any atom is -0.506 e. The molecular formula is C13H14N2O2. The number of nitrogen functional groups attached to an aromatic ring is 2. The molecule has 0 unspecified atom stereocenters. The first-order valence-corrected chi connectivity index (χ1v) is 5.22. The average molecular weight is 230 g/mol. The van der Waals surface area contributed by atoms with Crippen molar-refractivity contribution >= 4 is 11.4 Å². The number of anilines is 2. The highest BCUT2D eigenvalue weighted by Gasteiger charge is 2.08. The van der Waals surface area contributed by atoms with Crippen LogP contribution in [-0.2, 0) is 6.42 Å². The summed E-state index contributed by atoms with van der Waals surface area (Å²) in [6, 6.07) is 10.1. The molecule has 2 rings (SSSR count). The SMILES string of the molecule is Nc1c(O)cccc1Cc1cccc(O)c1N. The maximum Gasteiger partial charge on any atom is 0.138 e. The predicted molar refractivity (Wildman–Crippen MR) is 67.8 cm³/mol. The molecule has 0 saturated carbocycles. The number of hydrogen-bond donors (Lipinski definition) is 4. The predicted octanol–water partition coefficient (Wildman–Crippen LogP) is 1.85. The minimum absolute atomic E-state index is 0.0567. The van der Waals surface area contributed by atoms with Gasteiger partial charge in [0.2, 0.25) is 0 Å². The van der Waals surface area contributed by atoms with Gasteiger partial charge in [0.05, 0.1) is 11.4 Å². The molecule has 0 bridgehead atoms. The molecule has 4 nitrogen and oxygen atoms in total. The van der Waals surface area contributed by atoms with Crippen molar-refractivity contribution in [1.82, 2.24) is 0 Å². The number of hydrogen-bond acceptors (Lipinski definition) is 4. The first-order valence-electron chi connectivity index (χ1n) is 5.22. The van der Waals surface area contributed by atoms with E-state index in [2.05, 4.69) is 0 Å². The molecule has 2 aromatic rings. The molecule has 0 heterocycles. The Balaban J connectivity index is 2.38. The lowest BCUT2D eigenvalue weighted by Gasteiger charge is -2.10. The van der Waals surface area contributed by atoms with Gasteiger partial charge >= 0.3 is 0 Å². The number of nitrogens with two attached hydrogens (primary N) is 2. The molecule has 0 fully saturated rings. The number of rotatable bonds is 2. The molecule has 0 aliphatic rings. The van der Waals surface area contributed by atoms with Crippen LogP contribution in [0, 0.1) is 0 Å². The monoisotopic (exact) mass is 230 g/mol. The van der Waals surface area contributed by atoms with Crippen LogP contribution < -0.4 is 11.5 Å². The van der Waals surface area contributed by atoms with Crippen LogP contribution in [0.15, 0.2) is 36.4 Å². The molecule has 88 valence electrons. The topological polar surface area (TPSA) is 92.5 Å². The molecule has 0 spiro atoms. The zero-order chi connectivity index (χ0) is 12.4. The maximum atomic E-state index is 9.50. The van der Waals surface area contributed by atoms with E-state index in [1.165, 1.54) is 12.1 Å². The van der Waals surface area contributed by atoms with Crippen molar-refractivity contribution in [3.8, 4) is 11.5 Å². The summed E-state index contributed by atoms with van der Waals surface area (Å²) in [7, 11) is 0. The lowest BCUT2D eigenvalue weighted by atomic mass is 10.0. The molecule has 0 aliphatic carbocycles. The smallest absolute Gasteiger partial charge is 0.138 e. The fraction of sp³-hybridized carbons (Fsp3) is 0.0769. The third kappa shape index (κ3) is 2.10. The van der Waals surface area contributed by atoms with Crippen molar-refractivity contribution in [2.75, 3.05) is 11.5 Å². The number of para-hydroxylation sites is 2. The van der Waals surface area contributed by atoms with Gasteiger partial charge < -0.3 is 21.7 Å². The fourth-order valence-corrected chi connectivity index (χ4v) is 1.71. The summed E-state index contributed by atoms with van der Waals surface area (Å²) in [5.74, 6) is 0.113. The van der Waals surface area contributed by atoms with Crippen LogP contribution in [0.5, 0.6) is 11.5 Å². The summed E-state index contributed by atoms with van der Waals surface area (Å²) in [6.45, 7) is 0. The minimum atomic E-state index is 0.0567. The van der Waals surface area contributed by atoms with Gasteiger partial charge in [0.25, 0.3) is 0 Å². The molecule has 2 aromatic carbocycles. The summed E-state index contributed by atoms with van der Waals surface area (Å²) >= 11 is 0. The molecule has 0 radical (unpaired) electrons. The molecular weight excluding hydrogens is 216 g/mol. The Bertz CT molecular complexity index is 504. The molecule has 0 atom stereocenters. The number of aromatic hydroxyl groups is 2. The molecule has 0 aliphatic heterocycles. The van der Waals surface area contributed by atoms with Gasteiger partial charge in [-0.05, 0) is 23.3 Å². The third-order valence-corrected chi connectivity index (χ3v) is 2.73. The third-order valence-electron chi connectivity index (χ3n) is 2.73. The zero-order valence-corrected chi connectivity index (χ0v) is 9.22. The Morgan fingerprint density at radius 2 is 1.18 bits per heavy atom. The Kier molecular flexibility index (Phi) is 2.78. The van der Waals surface area contributed by atoms with Crippen LogP contribution >= 0.6 is 0 Å². The van der Waals surface area contributed by atoms with Gasteiger partial charge in [-0.15, -0.1) is 0 Å². The number of phenolic OH excluding ortho intramolecular Hbond substituents is 2. The van der Waals surface area contributed by atoms with E-state index in [0.29, 0.717) is 17.8 Å². The largest absolute Gasteiger partial charge is 0.506 e. The summed E-state index contributed by atoms with van der Waals surface area (Å²) < 4.78 is 0. The maximum absolute atomic E-state index is 9.50. The van der Waals surface area contributed by atoms with Crippen molar-refractivity contribution < 1.29 is 10.2 Å². The molecule has 0 aromatic heterocycles. The van der Waals surface area contributed by atoms with Crippen molar-refractivity contribution in [3.63, 3.8) is 0 Å². The highest BCUT2D eigenvalue weighted by molar-refractivity contribution is 5.63. The van der Waals surface area contributed by atoms with Gasteiger partial charge in [0.1, 0.15) is 11.5 Å². The lowest BCUT2D eigenvalue weighted by molar-refractivity contribution is 0.477. The normalized spacial score (nSPS) is 10.4. The highest BCUT2D eigenvalue weighted by Crippen LogP contribution is 2.30. The second kappa shape index (κ2) is 4.25. The zero-order valence-electron chi connectivity index (χ0n) is 9.22. The standard InChI is InChI=1S/C13H14N2O2/c14-12-8(3-1-5-10(12)16)7-9-4-2-6-11(17)13(9)15/h1-6,16-17H,7,14-15H2. The van der Waals surface area contributed by atoms with Crippen molar-refractivity contribution in [3.05, 3.63) is 47.5 Å². The van der Waals surface area contributed by atoms with E-state index >= 15 is 0 Å². The second-order valence-electron chi connectivity index (χ2n) is 3.88. The molecule has 4 heteroatoms.